The minimum absolute atomic E-state index is 0.486. The minimum Gasteiger partial charge on any atom is -0.507 e. The molecule has 2 rings (SSSR count). The van der Waals surface area contributed by atoms with Crippen molar-refractivity contribution in [1.29, 1.82) is 0 Å². The highest BCUT2D eigenvalue weighted by molar-refractivity contribution is 5.97. The van der Waals surface area contributed by atoms with Gasteiger partial charge in [-0.1, -0.05) is 0 Å². The van der Waals surface area contributed by atoms with E-state index in [0.717, 1.165) is 11.1 Å². The van der Waals surface area contributed by atoms with Crippen molar-refractivity contribution >= 4 is 5.91 Å². The Bertz CT molecular complexity index is 785. The molecule has 0 bridgehead atoms. The first-order valence-corrected chi connectivity index (χ1v) is 7.49. The fourth-order valence-electron chi connectivity index (χ4n) is 2.59. The van der Waals surface area contributed by atoms with E-state index < -0.39 is 34.9 Å². The molecular formula is C18H19F2NO4. The Kier molecular flexibility index (Phi) is 5.46. The van der Waals surface area contributed by atoms with Gasteiger partial charge in [0.05, 0.1) is 20.3 Å². The second-order valence-corrected chi connectivity index (χ2v) is 5.54. The first kappa shape index (κ1) is 18.5. The molecule has 2 aromatic rings. The molecule has 1 atom stereocenters. The molecule has 0 spiro atoms. The first-order chi connectivity index (χ1) is 11.8. The van der Waals surface area contributed by atoms with E-state index >= 15 is 0 Å². The van der Waals surface area contributed by atoms with Crippen LogP contribution in [-0.4, -0.2) is 25.2 Å². The number of hydrogen-bond acceptors (Lipinski definition) is 4. The summed E-state index contributed by atoms with van der Waals surface area (Å²) in [5.41, 5.74) is 0.952. The smallest absolute Gasteiger partial charge is 0.258 e. The number of aromatic hydroxyl groups is 1. The Hall–Kier alpha value is -2.83. The van der Waals surface area contributed by atoms with Crippen molar-refractivity contribution in [3.63, 3.8) is 0 Å². The predicted molar refractivity (Wildman–Crippen MR) is 88.2 cm³/mol. The fourth-order valence-corrected chi connectivity index (χ4v) is 2.59. The molecule has 25 heavy (non-hydrogen) atoms. The number of phenolic OH excluding ortho intramolecular Hbond substituents is 1. The third-order valence-electron chi connectivity index (χ3n) is 3.85. The number of ether oxygens (including phenoxy) is 2. The standard InChI is InChI=1S/C18H19F2NO4/c1-9-5-15(24-3)16(25-4)8-12(9)10(2)21-18(23)17-13(20)6-11(19)7-14(17)22/h5-8,10,22H,1-4H3,(H,21,23). The third kappa shape index (κ3) is 3.81. The molecule has 0 aliphatic carbocycles. The SMILES string of the molecule is COc1cc(C)c(C(C)NC(=O)c2c(O)cc(F)cc2F)cc1OC. The van der Waals surface area contributed by atoms with Crippen molar-refractivity contribution in [3.05, 3.63) is 52.6 Å². The largest absolute Gasteiger partial charge is 0.507 e. The number of carbonyl (C=O) groups is 1. The molecule has 134 valence electrons. The number of amides is 1. The average Bonchev–Trinajstić information content (AvgIpc) is 2.53. The first-order valence-electron chi connectivity index (χ1n) is 7.49. The van der Waals surface area contributed by atoms with Crippen LogP contribution in [0, 0.1) is 18.6 Å². The van der Waals surface area contributed by atoms with Crippen molar-refractivity contribution in [3.8, 4) is 17.2 Å². The van der Waals surface area contributed by atoms with Gasteiger partial charge in [0.25, 0.3) is 5.91 Å². The van der Waals surface area contributed by atoms with Crippen LogP contribution in [0.2, 0.25) is 0 Å². The zero-order valence-electron chi connectivity index (χ0n) is 14.3. The van der Waals surface area contributed by atoms with Gasteiger partial charge in [-0.15, -0.1) is 0 Å². The number of aryl methyl sites for hydroxylation is 1. The van der Waals surface area contributed by atoms with Gasteiger partial charge in [0.2, 0.25) is 0 Å². The summed E-state index contributed by atoms with van der Waals surface area (Å²) in [5, 5.41) is 12.2. The van der Waals surface area contributed by atoms with Gasteiger partial charge in [-0.05, 0) is 37.1 Å². The highest BCUT2D eigenvalue weighted by Crippen LogP contribution is 2.33. The molecule has 0 saturated carbocycles. The van der Waals surface area contributed by atoms with E-state index in [0.29, 0.717) is 23.6 Å². The van der Waals surface area contributed by atoms with Gasteiger partial charge in [0.1, 0.15) is 22.9 Å². The lowest BCUT2D eigenvalue weighted by molar-refractivity contribution is 0.0932. The Labute approximate surface area is 144 Å². The second kappa shape index (κ2) is 7.38. The van der Waals surface area contributed by atoms with E-state index in [-0.39, 0.29) is 0 Å². The number of rotatable bonds is 5. The van der Waals surface area contributed by atoms with Crippen LogP contribution < -0.4 is 14.8 Å². The maximum Gasteiger partial charge on any atom is 0.258 e. The van der Waals surface area contributed by atoms with E-state index in [4.69, 9.17) is 9.47 Å². The maximum absolute atomic E-state index is 13.8. The summed E-state index contributed by atoms with van der Waals surface area (Å²) in [4.78, 5) is 12.3. The third-order valence-corrected chi connectivity index (χ3v) is 3.85. The number of methoxy groups -OCH3 is 2. The van der Waals surface area contributed by atoms with Crippen molar-refractivity contribution in [2.24, 2.45) is 0 Å². The van der Waals surface area contributed by atoms with Crippen molar-refractivity contribution in [2.45, 2.75) is 19.9 Å². The van der Waals surface area contributed by atoms with Crippen molar-refractivity contribution in [2.75, 3.05) is 14.2 Å². The normalized spacial score (nSPS) is 11.8. The summed E-state index contributed by atoms with van der Waals surface area (Å²) >= 11 is 0. The summed E-state index contributed by atoms with van der Waals surface area (Å²) in [5.74, 6) is -2.67. The van der Waals surface area contributed by atoms with E-state index in [1.807, 2.05) is 6.92 Å². The quantitative estimate of drug-likeness (QED) is 0.865. The zero-order chi connectivity index (χ0) is 18.7. The average molecular weight is 351 g/mol. The van der Waals surface area contributed by atoms with Crippen molar-refractivity contribution in [1.82, 2.24) is 5.32 Å². The molecule has 0 fully saturated rings. The summed E-state index contributed by atoms with van der Waals surface area (Å²) in [6.07, 6.45) is 0. The van der Waals surface area contributed by atoms with Gasteiger partial charge in [-0.3, -0.25) is 4.79 Å². The fraction of sp³-hybridized carbons (Fsp3) is 0.278. The Morgan fingerprint density at radius 3 is 2.28 bits per heavy atom. The molecule has 1 amide bonds. The van der Waals surface area contributed by atoms with Crippen molar-refractivity contribution < 1.29 is 28.2 Å². The Morgan fingerprint density at radius 2 is 1.72 bits per heavy atom. The Balaban J connectivity index is 2.31. The predicted octanol–water partition coefficient (Wildman–Crippen LogP) is 3.49. The molecule has 5 nitrogen and oxygen atoms in total. The number of halogens is 2. The highest BCUT2D eigenvalue weighted by atomic mass is 19.1. The number of carbonyl (C=O) groups excluding carboxylic acids is 1. The molecule has 0 heterocycles. The minimum atomic E-state index is -1.13. The lowest BCUT2D eigenvalue weighted by Crippen LogP contribution is -2.28. The molecule has 0 radical (unpaired) electrons. The van der Waals surface area contributed by atoms with E-state index in [2.05, 4.69) is 5.32 Å². The molecule has 7 heteroatoms. The summed E-state index contributed by atoms with van der Waals surface area (Å²) in [6, 6.07) is 4.18. The zero-order valence-corrected chi connectivity index (χ0v) is 14.3. The van der Waals surface area contributed by atoms with Crippen LogP contribution in [0.25, 0.3) is 0 Å². The number of phenols is 1. The molecule has 1 unspecified atom stereocenters. The summed E-state index contributed by atoms with van der Waals surface area (Å²) in [6.45, 7) is 3.53. The lowest BCUT2D eigenvalue weighted by atomic mass is 10.0. The summed E-state index contributed by atoms with van der Waals surface area (Å²) < 4.78 is 37.3. The molecule has 0 aliphatic rings. The Morgan fingerprint density at radius 1 is 1.12 bits per heavy atom. The maximum atomic E-state index is 13.8. The molecular weight excluding hydrogens is 332 g/mol. The lowest BCUT2D eigenvalue weighted by Gasteiger charge is -2.19. The van der Waals surface area contributed by atoms with Gasteiger partial charge in [0, 0.05) is 12.1 Å². The van der Waals surface area contributed by atoms with Crippen LogP contribution in [0.3, 0.4) is 0 Å². The second-order valence-electron chi connectivity index (χ2n) is 5.54. The van der Waals surface area contributed by atoms with Gasteiger partial charge < -0.3 is 19.9 Å². The van der Waals surface area contributed by atoms with Crippen LogP contribution in [0.15, 0.2) is 24.3 Å². The van der Waals surface area contributed by atoms with Crippen LogP contribution >= 0.6 is 0 Å². The van der Waals surface area contributed by atoms with Crippen LogP contribution in [0.5, 0.6) is 17.2 Å². The van der Waals surface area contributed by atoms with Gasteiger partial charge in [0.15, 0.2) is 11.5 Å². The number of hydrogen-bond donors (Lipinski definition) is 2. The van der Waals surface area contributed by atoms with Gasteiger partial charge in [-0.25, -0.2) is 8.78 Å². The van der Waals surface area contributed by atoms with Gasteiger partial charge >= 0.3 is 0 Å². The van der Waals surface area contributed by atoms with Crippen LogP contribution in [-0.2, 0) is 0 Å². The number of benzene rings is 2. The van der Waals surface area contributed by atoms with E-state index in [9.17, 15) is 18.7 Å². The van der Waals surface area contributed by atoms with Crippen LogP contribution in [0.4, 0.5) is 8.78 Å². The molecule has 2 aromatic carbocycles. The number of nitrogens with one attached hydrogen (secondary N) is 1. The molecule has 0 aliphatic heterocycles. The summed E-state index contributed by atoms with van der Waals surface area (Å²) in [7, 11) is 3.01. The molecule has 0 saturated heterocycles. The van der Waals surface area contributed by atoms with E-state index in [1.54, 1.807) is 19.1 Å². The van der Waals surface area contributed by atoms with Gasteiger partial charge in [-0.2, -0.15) is 0 Å². The highest BCUT2D eigenvalue weighted by Gasteiger charge is 2.22. The molecule has 2 N–H and O–H groups in total. The topological polar surface area (TPSA) is 67.8 Å². The molecule has 0 aromatic heterocycles. The van der Waals surface area contributed by atoms with Crippen LogP contribution in [0.1, 0.15) is 34.5 Å². The van der Waals surface area contributed by atoms with E-state index in [1.165, 1.54) is 14.2 Å². The monoisotopic (exact) mass is 351 g/mol.